The minimum absolute atomic E-state index is 0.252. The molecule has 2 heterocycles. The maximum Gasteiger partial charge on any atom is 0.273 e. The predicted molar refractivity (Wildman–Crippen MR) is 74.6 cm³/mol. The van der Waals surface area contributed by atoms with Gasteiger partial charge in [0, 0.05) is 18.9 Å². The van der Waals surface area contributed by atoms with E-state index in [1.54, 1.807) is 6.07 Å². The van der Waals surface area contributed by atoms with E-state index in [2.05, 4.69) is 29.5 Å². The summed E-state index contributed by atoms with van der Waals surface area (Å²) in [5.74, 6) is 0.940. The van der Waals surface area contributed by atoms with E-state index in [0.29, 0.717) is 24.6 Å². The minimum atomic E-state index is -0.468. The zero-order valence-electron chi connectivity index (χ0n) is 12.4. The lowest BCUT2D eigenvalue weighted by atomic mass is 10.0. The average Bonchev–Trinajstić information content (AvgIpc) is 2.94. The number of carbonyl (C=O) groups excluding carboxylic acids is 1. The third-order valence-electron chi connectivity index (χ3n) is 3.08. The molecule has 1 aromatic heterocycles. The molecule has 20 heavy (non-hydrogen) atoms. The van der Waals surface area contributed by atoms with Crippen molar-refractivity contribution < 1.29 is 14.2 Å². The second-order valence-electron chi connectivity index (χ2n) is 6.00. The maximum absolute atomic E-state index is 12.0. The van der Waals surface area contributed by atoms with Gasteiger partial charge in [-0.15, -0.1) is 0 Å². The molecule has 1 aromatic rings. The molecule has 110 valence electrons. The normalized spacial score (nSPS) is 21.8. The molecule has 0 radical (unpaired) electrons. The summed E-state index contributed by atoms with van der Waals surface area (Å²) in [6, 6.07) is 1.69. The van der Waals surface area contributed by atoms with Crippen LogP contribution in [0.15, 0.2) is 15.7 Å². The molecule has 6 heteroatoms. The van der Waals surface area contributed by atoms with Gasteiger partial charge in [0.15, 0.2) is 11.3 Å². The van der Waals surface area contributed by atoms with E-state index in [1.807, 2.05) is 13.8 Å². The van der Waals surface area contributed by atoms with Crippen LogP contribution in [0.25, 0.3) is 0 Å². The van der Waals surface area contributed by atoms with Crippen molar-refractivity contribution in [3.05, 3.63) is 17.5 Å². The van der Waals surface area contributed by atoms with Crippen molar-refractivity contribution in [2.75, 3.05) is 6.54 Å². The van der Waals surface area contributed by atoms with Crippen molar-refractivity contribution in [3.8, 4) is 0 Å². The Morgan fingerprint density at radius 3 is 2.90 bits per heavy atom. The molecule has 1 atom stereocenters. The molecule has 0 bridgehead atoms. The Morgan fingerprint density at radius 1 is 1.55 bits per heavy atom. The molecule has 0 spiro atoms. The van der Waals surface area contributed by atoms with E-state index in [9.17, 15) is 4.79 Å². The topological polar surface area (TPSA) is 76.7 Å². The summed E-state index contributed by atoms with van der Waals surface area (Å²) in [5.41, 5.74) is 0.770. The summed E-state index contributed by atoms with van der Waals surface area (Å²) in [5, 5.41) is 10.5. The standard InChI is InChI=1S/C14H21N3O3/c1-9(2)5-11-6-12(17-19-11)13(18)15-8-14(4)7-10(3)16-20-14/h6,9H,5,7-8H2,1-4H3,(H,15,18)/t14-/m1/s1. The van der Waals surface area contributed by atoms with Crippen LogP contribution in [0.3, 0.4) is 0 Å². The zero-order valence-corrected chi connectivity index (χ0v) is 12.4. The third-order valence-corrected chi connectivity index (χ3v) is 3.08. The van der Waals surface area contributed by atoms with E-state index in [1.165, 1.54) is 0 Å². The Balaban J connectivity index is 1.87. The zero-order chi connectivity index (χ0) is 14.8. The Kier molecular flexibility index (Phi) is 4.11. The van der Waals surface area contributed by atoms with Crippen molar-refractivity contribution >= 4 is 11.6 Å². The van der Waals surface area contributed by atoms with E-state index >= 15 is 0 Å². The number of nitrogens with one attached hydrogen (secondary N) is 1. The van der Waals surface area contributed by atoms with Gasteiger partial charge in [0.05, 0.1) is 12.3 Å². The summed E-state index contributed by atoms with van der Waals surface area (Å²) in [6.45, 7) is 8.38. The van der Waals surface area contributed by atoms with E-state index in [-0.39, 0.29) is 5.91 Å². The number of oxime groups is 1. The van der Waals surface area contributed by atoms with Crippen LogP contribution in [0.2, 0.25) is 0 Å². The fourth-order valence-electron chi connectivity index (χ4n) is 2.16. The van der Waals surface area contributed by atoms with Crippen molar-refractivity contribution in [2.24, 2.45) is 11.1 Å². The van der Waals surface area contributed by atoms with Gasteiger partial charge in [0.2, 0.25) is 0 Å². The Labute approximate surface area is 118 Å². The number of hydrogen-bond acceptors (Lipinski definition) is 5. The molecule has 0 fully saturated rings. The molecular formula is C14H21N3O3. The van der Waals surface area contributed by atoms with Gasteiger partial charge in [-0.25, -0.2) is 0 Å². The largest absolute Gasteiger partial charge is 0.387 e. The second-order valence-corrected chi connectivity index (χ2v) is 6.00. The number of nitrogens with zero attached hydrogens (tertiary/aromatic N) is 2. The summed E-state index contributed by atoms with van der Waals surface area (Å²) in [7, 11) is 0. The molecule has 0 saturated carbocycles. The van der Waals surface area contributed by atoms with Crippen LogP contribution in [0, 0.1) is 5.92 Å². The minimum Gasteiger partial charge on any atom is -0.387 e. The smallest absolute Gasteiger partial charge is 0.273 e. The molecule has 1 aliphatic heterocycles. The number of aromatic nitrogens is 1. The second kappa shape index (κ2) is 5.64. The molecule has 0 aliphatic carbocycles. The first-order valence-electron chi connectivity index (χ1n) is 6.83. The Hall–Kier alpha value is -1.85. The van der Waals surface area contributed by atoms with Crippen molar-refractivity contribution in [1.82, 2.24) is 10.5 Å². The first-order chi connectivity index (χ1) is 9.38. The number of hydrogen-bond donors (Lipinski definition) is 1. The van der Waals surface area contributed by atoms with E-state index in [4.69, 9.17) is 9.36 Å². The van der Waals surface area contributed by atoms with Crippen LogP contribution in [0.1, 0.15) is 50.4 Å². The van der Waals surface area contributed by atoms with Crippen LogP contribution in [-0.4, -0.2) is 28.9 Å². The van der Waals surface area contributed by atoms with Crippen LogP contribution >= 0.6 is 0 Å². The average molecular weight is 279 g/mol. The van der Waals surface area contributed by atoms with Crippen molar-refractivity contribution in [3.63, 3.8) is 0 Å². The number of rotatable bonds is 5. The highest BCUT2D eigenvalue weighted by Crippen LogP contribution is 2.22. The lowest BCUT2D eigenvalue weighted by Gasteiger charge is -2.21. The highest BCUT2D eigenvalue weighted by Gasteiger charge is 2.33. The van der Waals surface area contributed by atoms with Gasteiger partial charge in [-0.2, -0.15) is 0 Å². The molecule has 1 aliphatic rings. The van der Waals surface area contributed by atoms with Gasteiger partial charge < -0.3 is 14.7 Å². The van der Waals surface area contributed by atoms with E-state index < -0.39 is 5.60 Å². The monoisotopic (exact) mass is 279 g/mol. The van der Waals surface area contributed by atoms with Crippen molar-refractivity contribution in [2.45, 2.75) is 46.1 Å². The molecule has 0 saturated heterocycles. The van der Waals surface area contributed by atoms with Gasteiger partial charge in [0.1, 0.15) is 5.76 Å². The van der Waals surface area contributed by atoms with Crippen LogP contribution in [0.4, 0.5) is 0 Å². The van der Waals surface area contributed by atoms with Crippen LogP contribution < -0.4 is 5.32 Å². The van der Waals surface area contributed by atoms with Gasteiger partial charge in [-0.3, -0.25) is 4.79 Å². The molecule has 0 aromatic carbocycles. The first kappa shape index (κ1) is 14.6. The molecule has 1 N–H and O–H groups in total. The maximum atomic E-state index is 12.0. The van der Waals surface area contributed by atoms with Gasteiger partial charge in [0.25, 0.3) is 5.91 Å². The third kappa shape index (κ3) is 3.59. The molecule has 2 rings (SSSR count). The van der Waals surface area contributed by atoms with E-state index in [0.717, 1.165) is 17.9 Å². The highest BCUT2D eigenvalue weighted by atomic mass is 16.7. The quantitative estimate of drug-likeness (QED) is 0.896. The predicted octanol–water partition coefficient (Wildman–Crippen LogP) is 2.16. The summed E-state index contributed by atoms with van der Waals surface area (Å²) >= 11 is 0. The number of carbonyl (C=O) groups is 1. The van der Waals surface area contributed by atoms with Crippen molar-refractivity contribution in [1.29, 1.82) is 0 Å². The highest BCUT2D eigenvalue weighted by molar-refractivity contribution is 5.92. The Bertz CT molecular complexity index is 521. The van der Waals surface area contributed by atoms with Crippen LogP contribution in [0.5, 0.6) is 0 Å². The lowest BCUT2D eigenvalue weighted by molar-refractivity contribution is -0.00187. The van der Waals surface area contributed by atoms with Gasteiger partial charge in [-0.05, 0) is 19.8 Å². The SMILES string of the molecule is CC1=NO[C@@](C)(CNC(=O)c2cc(CC(C)C)on2)C1. The molecule has 1 amide bonds. The summed E-state index contributed by atoms with van der Waals surface area (Å²) < 4.78 is 5.15. The van der Waals surface area contributed by atoms with Gasteiger partial charge >= 0.3 is 0 Å². The fourth-order valence-corrected chi connectivity index (χ4v) is 2.16. The first-order valence-corrected chi connectivity index (χ1v) is 6.83. The number of amides is 1. The van der Waals surface area contributed by atoms with Crippen LogP contribution in [-0.2, 0) is 11.3 Å². The summed E-state index contributed by atoms with van der Waals surface area (Å²) in [6.07, 6.45) is 1.48. The summed E-state index contributed by atoms with van der Waals surface area (Å²) in [4.78, 5) is 17.3. The lowest BCUT2D eigenvalue weighted by Crippen LogP contribution is -2.40. The molecule has 0 unspecified atom stereocenters. The Morgan fingerprint density at radius 2 is 2.30 bits per heavy atom. The molecular weight excluding hydrogens is 258 g/mol. The van der Waals surface area contributed by atoms with Gasteiger partial charge in [-0.1, -0.05) is 24.2 Å². The fraction of sp³-hybridized carbons (Fsp3) is 0.643. The molecule has 6 nitrogen and oxygen atoms in total.